The number of aryl methyl sites for hydroxylation is 1. The third-order valence-corrected chi connectivity index (χ3v) is 4.42. The van der Waals surface area contributed by atoms with Gasteiger partial charge in [0.25, 0.3) is 11.8 Å². The number of carbonyl (C=O) groups excluding carboxylic acids is 2. The molecule has 26 heavy (non-hydrogen) atoms. The van der Waals surface area contributed by atoms with E-state index in [2.05, 4.69) is 31.9 Å². The summed E-state index contributed by atoms with van der Waals surface area (Å²) in [7, 11) is 0. The maximum absolute atomic E-state index is 12.6. The molecule has 6 nitrogen and oxygen atoms in total. The quantitative estimate of drug-likeness (QED) is 0.607. The predicted molar refractivity (Wildman–Crippen MR) is 101 cm³/mol. The van der Waals surface area contributed by atoms with Gasteiger partial charge < -0.3 is 4.52 Å². The van der Waals surface area contributed by atoms with Crippen LogP contribution < -0.4 is 10.9 Å². The summed E-state index contributed by atoms with van der Waals surface area (Å²) in [5, 5.41) is 4.36. The van der Waals surface area contributed by atoms with Crippen molar-refractivity contribution in [2.24, 2.45) is 0 Å². The summed E-state index contributed by atoms with van der Waals surface area (Å²) < 4.78 is 5.90. The normalized spacial score (nSPS) is 10.4. The van der Waals surface area contributed by atoms with Crippen LogP contribution in [0.25, 0.3) is 11.3 Å². The first-order valence-corrected chi connectivity index (χ1v) is 8.72. The number of carbonyl (C=O) groups is 2. The molecule has 8 heteroatoms. The largest absolute Gasteiger partial charge is 0.360 e. The molecule has 2 aromatic carbocycles. The highest BCUT2D eigenvalue weighted by molar-refractivity contribution is 9.10. The van der Waals surface area contributed by atoms with Gasteiger partial charge in [-0.3, -0.25) is 20.4 Å². The Labute approximate surface area is 162 Å². The number of amides is 2. The molecule has 0 fully saturated rings. The zero-order chi connectivity index (χ0) is 18.7. The number of halogens is 2. The van der Waals surface area contributed by atoms with Gasteiger partial charge in [-0.15, -0.1) is 0 Å². The molecule has 0 radical (unpaired) electrons. The van der Waals surface area contributed by atoms with E-state index in [9.17, 15) is 9.59 Å². The van der Waals surface area contributed by atoms with Crippen molar-refractivity contribution in [3.8, 4) is 11.3 Å². The maximum Gasteiger partial charge on any atom is 0.275 e. The Hall–Kier alpha value is -2.64. The number of nitrogens with one attached hydrogen (secondary N) is 2. The molecule has 2 amide bonds. The lowest BCUT2D eigenvalue weighted by molar-refractivity contribution is 0.0846. The molecular formula is C18H13BrClN3O3. The molecule has 1 heterocycles. The molecule has 0 unspecified atom stereocenters. The monoisotopic (exact) mass is 433 g/mol. The molecule has 0 aliphatic rings. The predicted octanol–water partition coefficient (Wildman–Crippen LogP) is 4.14. The second-order valence-corrected chi connectivity index (χ2v) is 6.68. The standard InChI is InChI=1S/C18H13BrClN3O3/c1-10-15(16(23-26-10)13-7-2-3-8-14(13)20)18(25)22-21-17(24)11-5-4-6-12(19)9-11/h2-9H,1H3,(H,21,24)(H,22,25). The average molecular weight is 435 g/mol. The molecule has 132 valence electrons. The lowest BCUT2D eigenvalue weighted by Crippen LogP contribution is -2.41. The van der Waals surface area contributed by atoms with Crippen molar-refractivity contribution in [2.75, 3.05) is 0 Å². The lowest BCUT2D eigenvalue weighted by atomic mass is 10.1. The van der Waals surface area contributed by atoms with Crippen molar-refractivity contribution in [3.63, 3.8) is 0 Å². The van der Waals surface area contributed by atoms with Crippen LogP contribution in [0.4, 0.5) is 0 Å². The highest BCUT2D eigenvalue weighted by atomic mass is 79.9. The third-order valence-electron chi connectivity index (χ3n) is 3.60. The first-order valence-electron chi connectivity index (χ1n) is 7.55. The van der Waals surface area contributed by atoms with E-state index < -0.39 is 11.8 Å². The fourth-order valence-corrected chi connectivity index (χ4v) is 2.98. The number of nitrogens with zero attached hydrogens (tertiary/aromatic N) is 1. The van der Waals surface area contributed by atoms with Crippen molar-refractivity contribution >= 4 is 39.3 Å². The van der Waals surface area contributed by atoms with E-state index in [-0.39, 0.29) is 5.56 Å². The van der Waals surface area contributed by atoms with Crippen LogP contribution in [0.2, 0.25) is 5.02 Å². The second-order valence-electron chi connectivity index (χ2n) is 5.36. The van der Waals surface area contributed by atoms with Gasteiger partial charge in [-0.1, -0.05) is 57.0 Å². The van der Waals surface area contributed by atoms with Crippen LogP contribution in [0.15, 0.2) is 57.5 Å². The van der Waals surface area contributed by atoms with Crippen molar-refractivity contribution in [2.45, 2.75) is 6.92 Å². The summed E-state index contributed by atoms with van der Waals surface area (Å²) >= 11 is 9.47. The van der Waals surface area contributed by atoms with Gasteiger partial charge in [0.2, 0.25) is 0 Å². The molecular weight excluding hydrogens is 422 g/mol. The van der Waals surface area contributed by atoms with E-state index in [1.807, 2.05) is 0 Å². The molecule has 0 atom stereocenters. The molecule has 3 rings (SSSR count). The number of benzene rings is 2. The summed E-state index contributed by atoms with van der Waals surface area (Å²) in [5.74, 6) is -0.691. The Morgan fingerprint density at radius 3 is 2.54 bits per heavy atom. The Morgan fingerprint density at radius 1 is 1.08 bits per heavy atom. The second kappa shape index (κ2) is 7.72. The molecule has 0 aliphatic carbocycles. The fourth-order valence-electron chi connectivity index (χ4n) is 2.35. The van der Waals surface area contributed by atoms with Gasteiger partial charge in [-0.25, -0.2) is 0 Å². The highest BCUT2D eigenvalue weighted by Crippen LogP contribution is 2.30. The number of hydrogen-bond donors (Lipinski definition) is 2. The van der Waals surface area contributed by atoms with Gasteiger partial charge in [-0.2, -0.15) is 0 Å². The number of aromatic nitrogens is 1. The van der Waals surface area contributed by atoms with Crippen molar-refractivity contribution in [1.29, 1.82) is 0 Å². The molecule has 0 bridgehead atoms. The van der Waals surface area contributed by atoms with Gasteiger partial charge in [0.15, 0.2) is 0 Å². The van der Waals surface area contributed by atoms with Crippen LogP contribution in [-0.2, 0) is 0 Å². The van der Waals surface area contributed by atoms with Crippen molar-refractivity contribution in [3.05, 3.63) is 74.9 Å². The molecule has 0 saturated carbocycles. The third kappa shape index (κ3) is 3.79. The SMILES string of the molecule is Cc1onc(-c2ccccc2Cl)c1C(=O)NNC(=O)c1cccc(Br)c1. The summed E-state index contributed by atoms with van der Waals surface area (Å²) in [6.07, 6.45) is 0. The minimum atomic E-state index is -0.554. The lowest BCUT2D eigenvalue weighted by Gasteiger charge is -2.08. The Morgan fingerprint density at radius 2 is 1.81 bits per heavy atom. The van der Waals surface area contributed by atoms with Gasteiger partial charge in [-0.05, 0) is 31.2 Å². The molecule has 3 aromatic rings. The molecule has 0 saturated heterocycles. The van der Waals surface area contributed by atoms with E-state index in [0.717, 1.165) is 4.47 Å². The van der Waals surface area contributed by atoms with Crippen molar-refractivity contribution < 1.29 is 14.1 Å². The number of hydrazine groups is 1. The molecule has 2 N–H and O–H groups in total. The van der Waals surface area contributed by atoms with Crippen LogP contribution in [0.5, 0.6) is 0 Å². The zero-order valence-electron chi connectivity index (χ0n) is 13.5. The van der Waals surface area contributed by atoms with Gasteiger partial charge in [0.1, 0.15) is 17.0 Å². The average Bonchev–Trinajstić information content (AvgIpc) is 3.01. The zero-order valence-corrected chi connectivity index (χ0v) is 15.9. The van der Waals surface area contributed by atoms with Gasteiger partial charge in [0, 0.05) is 15.6 Å². The van der Waals surface area contributed by atoms with Gasteiger partial charge >= 0.3 is 0 Å². The van der Waals surface area contributed by atoms with E-state index in [0.29, 0.717) is 27.6 Å². The minimum Gasteiger partial charge on any atom is -0.360 e. The topological polar surface area (TPSA) is 84.2 Å². The Balaban J connectivity index is 1.80. The van der Waals surface area contributed by atoms with Crippen LogP contribution in [0.3, 0.4) is 0 Å². The smallest absolute Gasteiger partial charge is 0.275 e. The Kier molecular flexibility index (Phi) is 5.39. The molecule has 0 spiro atoms. The molecule has 0 aliphatic heterocycles. The van der Waals surface area contributed by atoms with Crippen LogP contribution in [-0.4, -0.2) is 17.0 Å². The Bertz CT molecular complexity index is 987. The van der Waals surface area contributed by atoms with Crippen molar-refractivity contribution in [1.82, 2.24) is 16.0 Å². The van der Waals surface area contributed by atoms with Crippen LogP contribution in [0, 0.1) is 6.92 Å². The first-order chi connectivity index (χ1) is 12.5. The van der Waals surface area contributed by atoms with E-state index >= 15 is 0 Å². The van der Waals surface area contributed by atoms with Crippen LogP contribution in [0.1, 0.15) is 26.5 Å². The summed E-state index contributed by atoms with van der Waals surface area (Å²) in [5.41, 5.74) is 6.22. The first kappa shape index (κ1) is 18.2. The summed E-state index contributed by atoms with van der Waals surface area (Å²) in [4.78, 5) is 24.7. The number of rotatable bonds is 3. The number of hydrogen-bond acceptors (Lipinski definition) is 4. The van der Waals surface area contributed by atoms with E-state index in [4.69, 9.17) is 16.1 Å². The van der Waals surface area contributed by atoms with Crippen LogP contribution >= 0.6 is 27.5 Å². The van der Waals surface area contributed by atoms with E-state index in [1.54, 1.807) is 55.5 Å². The molecule has 1 aromatic heterocycles. The highest BCUT2D eigenvalue weighted by Gasteiger charge is 2.23. The fraction of sp³-hybridized carbons (Fsp3) is 0.0556. The summed E-state index contributed by atoms with van der Waals surface area (Å²) in [6.45, 7) is 1.61. The van der Waals surface area contributed by atoms with Gasteiger partial charge in [0.05, 0.1) is 5.02 Å². The summed E-state index contributed by atoms with van der Waals surface area (Å²) in [6, 6.07) is 13.8. The van der Waals surface area contributed by atoms with E-state index in [1.165, 1.54) is 0 Å². The maximum atomic E-state index is 12.6. The minimum absolute atomic E-state index is 0.202.